The molecule has 0 heterocycles. The van der Waals surface area contributed by atoms with Gasteiger partial charge in [-0.05, 0) is 54.6 Å². The Morgan fingerprint density at radius 2 is 1.49 bits per heavy atom. The van der Waals surface area contributed by atoms with Crippen molar-refractivity contribution in [2.24, 2.45) is 0 Å². The van der Waals surface area contributed by atoms with E-state index in [2.05, 4.69) is 10.0 Å². The van der Waals surface area contributed by atoms with Crippen molar-refractivity contribution >= 4 is 43.0 Å². The van der Waals surface area contributed by atoms with E-state index < -0.39 is 44.2 Å². The highest BCUT2D eigenvalue weighted by Crippen LogP contribution is 2.31. The zero-order chi connectivity index (χ0) is 25.9. The van der Waals surface area contributed by atoms with Gasteiger partial charge in [0.25, 0.3) is 10.0 Å². The van der Waals surface area contributed by atoms with Crippen LogP contribution in [0, 0.1) is 0 Å². The number of nitrogens with one attached hydrogen (secondary N) is 2. The number of nitrogens with zero attached hydrogens (tertiary/aromatic N) is 1. The molecular formula is C22H20F3N3O5S2. The van der Waals surface area contributed by atoms with Crippen LogP contribution in [0.1, 0.15) is 5.56 Å². The van der Waals surface area contributed by atoms with Crippen LogP contribution in [0.15, 0.2) is 83.8 Å². The summed E-state index contributed by atoms with van der Waals surface area (Å²) >= 11 is 0. The van der Waals surface area contributed by atoms with Crippen LogP contribution in [0.5, 0.6) is 0 Å². The molecule has 0 aliphatic heterocycles. The highest BCUT2D eigenvalue weighted by Gasteiger charge is 2.30. The molecule has 13 heteroatoms. The van der Waals surface area contributed by atoms with Gasteiger partial charge in [0.1, 0.15) is 6.54 Å². The monoisotopic (exact) mass is 527 g/mol. The molecular weight excluding hydrogens is 507 g/mol. The quantitative estimate of drug-likeness (QED) is 0.461. The number of rotatable bonds is 8. The molecule has 0 fully saturated rings. The molecule has 35 heavy (non-hydrogen) atoms. The highest BCUT2D eigenvalue weighted by atomic mass is 32.2. The summed E-state index contributed by atoms with van der Waals surface area (Å²) in [5.41, 5.74) is -0.782. The van der Waals surface area contributed by atoms with Crippen LogP contribution in [-0.2, 0) is 31.0 Å². The molecule has 8 nitrogen and oxygen atoms in total. The van der Waals surface area contributed by atoms with Gasteiger partial charge in [0.2, 0.25) is 15.9 Å². The first-order chi connectivity index (χ1) is 16.3. The normalized spacial score (nSPS) is 12.1. The lowest BCUT2D eigenvalue weighted by molar-refractivity contribution is -0.137. The lowest BCUT2D eigenvalue weighted by Gasteiger charge is -2.21. The summed E-state index contributed by atoms with van der Waals surface area (Å²) in [4.78, 5) is 12.2. The van der Waals surface area contributed by atoms with E-state index >= 15 is 0 Å². The first-order valence-corrected chi connectivity index (χ1v) is 13.2. The molecule has 0 radical (unpaired) electrons. The maximum atomic E-state index is 12.9. The summed E-state index contributed by atoms with van der Waals surface area (Å²) in [7, 11) is -7.97. The summed E-state index contributed by atoms with van der Waals surface area (Å²) in [5.74, 6) is -0.669. The highest BCUT2D eigenvalue weighted by molar-refractivity contribution is 7.92. The zero-order valence-corrected chi connectivity index (χ0v) is 19.8. The summed E-state index contributed by atoms with van der Waals surface area (Å²) in [6.45, 7) is -0.514. The van der Waals surface area contributed by atoms with Crippen LogP contribution < -0.4 is 14.3 Å². The Balaban J connectivity index is 1.71. The van der Waals surface area contributed by atoms with Gasteiger partial charge in [-0.1, -0.05) is 24.3 Å². The van der Waals surface area contributed by atoms with Crippen molar-refractivity contribution in [2.45, 2.75) is 11.1 Å². The summed E-state index contributed by atoms with van der Waals surface area (Å²) in [6.07, 6.45) is -3.67. The number of sulfonamides is 2. The fraction of sp³-hybridized carbons (Fsp3) is 0.136. The van der Waals surface area contributed by atoms with E-state index in [9.17, 15) is 34.8 Å². The van der Waals surface area contributed by atoms with Gasteiger partial charge in [0.05, 0.1) is 22.4 Å². The Morgan fingerprint density at radius 3 is 2.06 bits per heavy atom. The van der Waals surface area contributed by atoms with Gasteiger partial charge in [-0.25, -0.2) is 16.8 Å². The maximum absolute atomic E-state index is 12.9. The standard InChI is InChI=1S/C22H20F3N3O5S2/c1-34(30,31)28(19-8-3-2-4-9-19)15-21(29)26-17-10-12-20(13-11-17)35(32,33)27-18-7-5-6-16(14-18)22(23,24)25/h2-14,27H,15H2,1H3,(H,26,29). The number of halogens is 3. The fourth-order valence-electron chi connectivity index (χ4n) is 3.02. The van der Waals surface area contributed by atoms with Crippen molar-refractivity contribution in [3.05, 3.63) is 84.4 Å². The SMILES string of the molecule is CS(=O)(=O)N(CC(=O)Nc1ccc(S(=O)(=O)Nc2cccc(C(F)(F)F)c2)cc1)c1ccccc1. The molecule has 186 valence electrons. The number of hydrogen-bond acceptors (Lipinski definition) is 5. The van der Waals surface area contributed by atoms with E-state index in [1.807, 2.05) is 0 Å². The maximum Gasteiger partial charge on any atom is 0.416 e. The number of para-hydroxylation sites is 1. The molecule has 3 rings (SSSR count). The third-order valence-electron chi connectivity index (χ3n) is 4.62. The van der Waals surface area contributed by atoms with E-state index in [1.165, 1.54) is 30.3 Å². The molecule has 0 bridgehead atoms. The molecule has 0 spiro atoms. The Labute approximate surface area is 200 Å². The van der Waals surface area contributed by atoms with Crippen molar-refractivity contribution in [3.8, 4) is 0 Å². The number of hydrogen-bond donors (Lipinski definition) is 2. The van der Waals surface area contributed by atoms with Crippen LogP contribution in [0.3, 0.4) is 0 Å². The summed E-state index contributed by atoms with van der Waals surface area (Å²) in [5, 5.41) is 2.48. The predicted molar refractivity (Wildman–Crippen MR) is 126 cm³/mol. The number of carbonyl (C=O) groups is 1. The van der Waals surface area contributed by atoms with Gasteiger partial charge < -0.3 is 5.32 Å². The Hall–Kier alpha value is -3.58. The molecule has 3 aromatic rings. The lowest BCUT2D eigenvalue weighted by Crippen LogP contribution is -2.37. The number of carbonyl (C=O) groups excluding carboxylic acids is 1. The van der Waals surface area contributed by atoms with Crippen molar-refractivity contribution in [3.63, 3.8) is 0 Å². The number of benzene rings is 3. The van der Waals surface area contributed by atoms with E-state index in [0.717, 1.165) is 34.8 Å². The van der Waals surface area contributed by atoms with E-state index in [0.29, 0.717) is 11.8 Å². The van der Waals surface area contributed by atoms with Gasteiger partial charge in [-0.15, -0.1) is 0 Å². The van der Waals surface area contributed by atoms with Crippen LogP contribution in [0.4, 0.5) is 30.2 Å². The topological polar surface area (TPSA) is 113 Å². The van der Waals surface area contributed by atoms with Gasteiger partial charge in [-0.3, -0.25) is 13.8 Å². The van der Waals surface area contributed by atoms with Gasteiger partial charge in [0.15, 0.2) is 0 Å². The predicted octanol–water partition coefficient (Wildman–Crippen LogP) is 3.91. The number of anilines is 3. The van der Waals surface area contributed by atoms with Crippen LogP contribution in [-0.4, -0.2) is 35.5 Å². The Morgan fingerprint density at radius 1 is 0.857 bits per heavy atom. The van der Waals surface area contributed by atoms with Gasteiger partial charge >= 0.3 is 6.18 Å². The molecule has 2 N–H and O–H groups in total. The third-order valence-corrected chi connectivity index (χ3v) is 7.16. The van der Waals surface area contributed by atoms with E-state index in [4.69, 9.17) is 0 Å². The third kappa shape index (κ3) is 6.96. The Kier molecular flexibility index (Phi) is 7.41. The van der Waals surface area contributed by atoms with Gasteiger partial charge in [-0.2, -0.15) is 13.2 Å². The average Bonchev–Trinajstić information content (AvgIpc) is 2.77. The number of alkyl halides is 3. The van der Waals surface area contributed by atoms with Crippen molar-refractivity contribution in [1.29, 1.82) is 0 Å². The minimum absolute atomic E-state index is 0.189. The zero-order valence-electron chi connectivity index (χ0n) is 18.2. The lowest BCUT2D eigenvalue weighted by atomic mass is 10.2. The molecule has 0 aromatic heterocycles. The van der Waals surface area contributed by atoms with Gasteiger partial charge in [0, 0.05) is 11.4 Å². The van der Waals surface area contributed by atoms with Crippen molar-refractivity contribution < 1.29 is 34.8 Å². The molecule has 0 saturated carbocycles. The first-order valence-electron chi connectivity index (χ1n) is 9.88. The molecule has 1 amide bonds. The van der Waals surface area contributed by atoms with Crippen LogP contribution in [0.25, 0.3) is 0 Å². The molecule has 0 unspecified atom stereocenters. The second-order valence-corrected chi connectivity index (χ2v) is 11.0. The van der Waals surface area contributed by atoms with Crippen LogP contribution >= 0.6 is 0 Å². The largest absolute Gasteiger partial charge is 0.416 e. The summed E-state index contributed by atoms with van der Waals surface area (Å²) < 4.78 is 90.9. The Bertz CT molecular complexity index is 1410. The summed E-state index contributed by atoms with van der Waals surface area (Å²) in [6, 6.07) is 16.6. The average molecular weight is 528 g/mol. The first kappa shape index (κ1) is 26.0. The second-order valence-electron chi connectivity index (χ2n) is 7.36. The fourth-order valence-corrected chi connectivity index (χ4v) is 4.92. The molecule has 0 aliphatic carbocycles. The van der Waals surface area contributed by atoms with Crippen molar-refractivity contribution in [1.82, 2.24) is 0 Å². The van der Waals surface area contributed by atoms with E-state index in [1.54, 1.807) is 18.2 Å². The second kappa shape index (κ2) is 9.96. The van der Waals surface area contributed by atoms with Crippen LogP contribution in [0.2, 0.25) is 0 Å². The van der Waals surface area contributed by atoms with Crippen molar-refractivity contribution in [2.75, 3.05) is 27.1 Å². The molecule has 0 aliphatic rings. The number of amides is 1. The minimum Gasteiger partial charge on any atom is -0.325 e. The molecule has 3 aromatic carbocycles. The smallest absolute Gasteiger partial charge is 0.325 e. The molecule has 0 saturated heterocycles. The van der Waals surface area contributed by atoms with E-state index in [-0.39, 0.29) is 16.3 Å². The molecule has 0 atom stereocenters. The minimum atomic E-state index is -4.63.